The number of hydrogen-bond donors (Lipinski definition) is 0. The highest BCUT2D eigenvalue weighted by Crippen LogP contribution is 2.30. The number of aromatic nitrogens is 3. The fourth-order valence-electron chi connectivity index (χ4n) is 4.97. The van der Waals surface area contributed by atoms with Crippen LogP contribution < -0.4 is 9.80 Å². The number of benzene rings is 1. The van der Waals surface area contributed by atoms with E-state index < -0.39 is 0 Å². The fourth-order valence-corrected chi connectivity index (χ4v) is 5.36. The van der Waals surface area contributed by atoms with E-state index in [1.807, 2.05) is 59.0 Å². The Labute approximate surface area is 207 Å². The molecule has 34 heavy (non-hydrogen) atoms. The van der Waals surface area contributed by atoms with E-state index in [-0.39, 0.29) is 24.2 Å². The molecule has 9 heteroatoms. The molecule has 0 N–H and O–H groups in total. The molecule has 2 aromatic heterocycles. The quantitative estimate of drug-likeness (QED) is 0.525. The van der Waals surface area contributed by atoms with Gasteiger partial charge in [0.05, 0.1) is 23.0 Å². The second-order valence-electron chi connectivity index (χ2n) is 8.82. The topological polar surface area (TPSA) is 74.6 Å². The van der Waals surface area contributed by atoms with E-state index >= 15 is 0 Å². The van der Waals surface area contributed by atoms with Crippen molar-refractivity contribution in [1.82, 2.24) is 19.7 Å². The molecule has 1 atom stereocenters. The van der Waals surface area contributed by atoms with E-state index in [0.717, 1.165) is 46.1 Å². The Kier molecular flexibility index (Phi) is 6.12. The van der Waals surface area contributed by atoms with Gasteiger partial charge in [-0.15, -0.1) is 0 Å². The van der Waals surface area contributed by atoms with Gasteiger partial charge >= 0.3 is 0 Å². The molecule has 4 heterocycles. The summed E-state index contributed by atoms with van der Waals surface area (Å²) in [6.45, 7) is 7.24. The SMILES string of the molecule is Cc1nn(-c2ccccn2)c(C)c1N1CCN(C(=O)C2CC(=O)N(c3cccc(Br)c3)C2)CC1. The van der Waals surface area contributed by atoms with Crippen LogP contribution in [-0.2, 0) is 9.59 Å². The van der Waals surface area contributed by atoms with Crippen LogP contribution in [0.1, 0.15) is 17.8 Å². The highest BCUT2D eigenvalue weighted by atomic mass is 79.9. The van der Waals surface area contributed by atoms with Gasteiger partial charge in [-0.25, -0.2) is 9.67 Å². The van der Waals surface area contributed by atoms with Gasteiger partial charge in [-0.05, 0) is 44.2 Å². The molecule has 176 valence electrons. The summed E-state index contributed by atoms with van der Waals surface area (Å²) in [5.41, 5.74) is 3.93. The van der Waals surface area contributed by atoms with E-state index in [1.54, 1.807) is 11.1 Å². The highest BCUT2D eigenvalue weighted by molar-refractivity contribution is 9.10. The Hall–Kier alpha value is -3.20. The number of nitrogens with zero attached hydrogens (tertiary/aromatic N) is 6. The first-order valence-corrected chi connectivity index (χ1v) is 12.3. The van der Waals surface area contributed by atoms with Crippen LogP contribution in [0.4, 0.5) is 11.4 Å². The maximum Gasteiger partial charge on any atom is 0.228 e. The molecule has 0 spiro atoms. The molecular weight excluding hydrogens is 496 g/mol. The van der Waals surface area contributed by atoms with Crippen molar-refractivity contribution in [2.75, 3.05) is 42.5 Å². The Morgan fingerprint density at radius 1 is 1.06 bits per heavy atom. The van der Waals surface area contributed by atoms with Crippen LogP contribution in [0.15, 0.2) is 53.1 Å². The molecule has 0 radical (unpaired) electrons. The van der Waals surface area contributed by atoms with E-state index in [1.165, 1.54) is 0 Å². The molecule has 3 aromatic rings. The molecule has 5 rings (SSSR count). The Balaban J connectivity index is 1.24. The normalized spacial score (nSPS) is 18.6. The summed E-state index contributed by atoms with van der Waals surface area (Å²) in [5, 5.41) is 4.71. The Morgan fingerprint density at radius 2 is 1.85 bits per heavy atom. The first-order chi connectivity index (χ1) is 16.4. The van der Waals surface area contributed by atoms with Crippen molar-refractivity contribution in [3.05, 3.63) is 64.5 Å². The molecular formula is C25H27BrN6O2. The van der Waals surface area contributed by atoms with Crippen molar-refractivity contribution in [2.45, 2.75) is 20.3 Å². The van der Waals surface area contributed by atoms with Gasteiger partial charge in [-0.1, -0.05) is 28.1 Å². The molecule has 0 aliphatic carbocycles. The summed E-state index contributed by atoms with van der Waals surface area (Å²) >= 11 is 3.46. The maximum atomic E-state index is 13.3. The van der Waals surface area contributed by atoms with Crippen LogP contribution in [-0.4, -0.2) is 64.2 Å². The van der Waals surface area contributed by atoms with Crippen molar-refractivity contribution in [3.8, 4) is 5.82 Å². The zero-order valence-electron chi connectivity index (χ0n) is 19.3. The van der Waals surface area contributed by atoms with Crippen LogP contribution in [0.3, 0.4) is 0 Å². The van der Waals surface area contributed by atoms with E-state index in [9.17, 15) is 9.59 Å². The minimum Gasteiger partial charge on any atom is -0.365 e. The highest BCUT2D eigenvalue weighted by Gasteiger charge is 2.38. The molecule has 1 unspecified atom stereocenters. The van der Waals surface area contributed by atoms with Crippen molar-refractivity contribution >= 4 is 39.1 Å². The molecule has 2 aliphatic rings. The van der Waals surface area contributed by atoms with Crippen LogP contribution in [0.5, 0.6) is 0 Å². The van der Waals surface area contributed by atoms with Gasteiger partial charge in [0.15, 0.2) is 5.82 Å². The number of piperazine rings is 1. The first kappa shape index (κ1) is 22.6. The lowest BCUT2D eigenvalue weighted by atomic mass is 10.1. The summed E-state index contributed by atoms with van der Waals surface area (Å²) in [5.74, 6) is 0.573. The van der Waals surface area contributed by atoms with E-state index in [2.05, 4.69) is 32.7 Å². The number of rotatable bonds is 4. The number of aryl methyl sites for hydroxylation is 1. The van der Waals surface area contributed by atoms with E-state index in [0.29, 0.717) is 19.6 Å². The molecule has 8 nitrogen and oxygen atoms in total. The van der Waals surface area contributed by atoms with Gasteiger partial charge in [0.2, 0.25) is 11.8 Å². The number of carbonyl (C=O) groups is 2. The molecule has 2 aliphatic heterocycles. The predicted octanol–water partition coefficient (Wildman–Crippen LogP) is 3.35. The number of hydrogen-bond acceptors (Lipinski definition) is 5. The molecule has 0 bridgehead atoms. The number of anilines is 2. The number of amides is 2. The van der Waals surface area contributed by atoms with E-state index in [4.69, 9.17) is 5.10 Å². The third kappa shape index (κ3) is 4.20. The van der Waals surface area contributed by atoms with Crippen molar-refractivity contribution in [3.63, 3.8) is 0 Å². The molecule has 2 amide bonds. The van der Waals surface area contributed by atoms with Gasteiger partial charge in [0.25, 0.3) is 0 Å². The van der Waals surface area contributed by atoms with Gasteiger partial charge in [-0.2, -0.15) is 5.10 Å². The third-order valence-corrected chi connectivity index (χ3v) is 7.11. The number of halogens is 1. The lowest BCUT2D eigenvalue weighted by Gasteiger charge is -2.37. The second kappa shape index (κ2) is 9.21. The zero-order valence-corrected chi connectivity index (χ0v) is 20.9. The predicted molar refractivity (Wildman–Crippen MR) is 134 cm³/mol. The number of carbonyl (C=O) groups excluding carboxylic acids is 2. The largest absolute Gasteiger partial charge is 0.365 e. The summed E-state index contributed by atoms with van der Waals surface area (Å²) < 4.78 is 2.80. The van der Waals surface area contributed by atoms with Gasteiger partial charge < -0.3 is 14.7 Å². The monoisotopic (exact) mass is 522 g/mol. The Morgan fingerprint density at radius 3 is 2.56 bits per heavy atom. The first-order valence-electron chi connectivity index (χ1n) is 11.5. The summed E-state index contributed by atoms with van der Waals surface area (Å²) in [7, 11) is 0. The van der Waals surface area contributed by atoms with Crippen molar-refractivity contribution in [1.29, 1.82) is 0 Å². The third-order valence-electron chi connectivity index (χ3n) is 6.62. The minimum absolute atomic E-state index is 0.00303. The average Bonchev–Trinajstić information content (AvgIpc) is 3.38. The summed E-state index contributed by atoms with van der Waals surface area (Å²) in [6.07, 6.45) is 2.03. The lowest BCUT2D eigenvalue weighted by molar-refractivity contribution is -0.136. The fraction of sp³-hybridized carbons (Fsp3) is 0.360. The molecule has 2 saturated heterocycles. The maximum absolute atomic E-state index is 13.3. The zero-order chi connectivity index (χ0) is 23.8. The molecule has 1 aromatic carbocycles. The smallest absolute Gasteiger partial charge is 0.228 e. The van der Waals surface area contributed by atoms with Crippen LogP contribution >= 0.6 is 15.9 Å². The summed E-state index contributed by atoms with van der Waals surface area (Å²) in [6, 6.07) is 13.4. The standard InChI is InChI=1S/C25H27BrN6O2/c1-17-24(18(2)32(28-17)22-8-3-4-9-27-22)29-10-12-30(13-11-29)25(34)19-14-23(33)31(16-19)21-7-5-6-20(26)15-21/h3-9,15,19H,10-14,16H2,1-2H3. The molecule has 0 saturated carbocycles. The van der Waals surface area contributed by atoms with Gasteiger partial charge in [0, 0.05) is 55.5 Å². The van der Waals surface area contributed by atoms with Crippen LogP contribution in [0, 0.1) is 19.8 Å². The van der Waals surface area contributed by atoms with Gasteiger partial charge in [-0.3, -0.25) is 9.59 Å². The second-order valence-corrected chi connectivity index (χ2v) is 9.73. The van der Waals surface area contributed by atoms with Gasteiger partial charge in [0.1, 0.15) is 0 Å². The van der Waals surface area contributed by atoms with Crippen molar-refractivity contribution < 1.29 is 9.59 Å². The van der Waals surface area contributed by atoms with Crippen LogP contribution in [0.25, 0.3) is 5.82 Å². The lowest BCUT2D eigenvalue weighted by Crippen LogP contribution is -2.51. The minimum atomic E-state index is -0.298. The Bertz CT molecular complexity index is 1220. The van der Waals surface area contributed by atoms with Crippen molar-refractivity contribution in [2.24, 2.45) is 5.92 Å². The number of pyridine rings is 1. The summed E-state index contributed by atoms with van der Waals surface area (Å²) in [4.78, 5) is 36.2. The molecule has 2 fully saturated rings. The average molecular weight is 523 g/mol. The van der Waals surface area contributed by atoms with Crippen LogP contribution in [0.2, 0.25) is 0 Å².